The Bertz CT molecular complexity index is 973. The van der Waals surface area contributed by atoms with Gasteiger partial charge >= 0.3 is 5.97 Å². The van der Waals surface area contributed by atoms with Gasteiger partial charge in [-0.25, -0.2) is 4.79 Å². The molecule has 1 aliphatic carbocycles. The molecular formula is C21H18O6. The molecule has 0 bridgehead atoms. The van der Waals surface area contributed by atoms with Crippen LogP contribution in [0, 0.1) is 0 Å². The maximum Gasteiger partial charge on any atom is 0.342 e. The first-order valence-corrected chi connectivity index (χ1v) is 8.68. The maximum atomic E-state index is 12.9. The Morgan fingerprint density at radius 1 is 1.07 bits per heavy atom. The predicted octanol–water partition coefficient (Wildman–Crippen LogP) is 3.38. The van der Waals surface area contributed by atoms with E-state index in [0.29, 0.717) is 46.1 Å². The first-order chi connectivity index (χ1) is 13.1. The van der Waals surface area contributed by atoms with Gasteiger partial charge in [-0.3, -0.25) is 4.79 Å². The topological polar surface area (TPSA) is 71.1 Å². The summed E-state index contributed by atoms with van der Waals surface area (Å²) in [6.07, 6.45) is 0.869. The highest BCUT2D eigenvalue weighted by Gasteiger charge is 2.36. The van der Waals surface area contributed by atoms with Crippen LogP contribution in [0.3, 0.4) is 0 Å². The molecule has 1 heterocycles. The van der Waals surface area contributed by atoms with E-state index in [9.17, 15) is 9.59 Å². The summed E-state index contributed by atoms with van der Waals surface area (Å²) in [4.78, 5) is 25.3. The molecule has 0 unspecified atom stereocenters. The number of benzene rings is 2. The van der Waals surface area contributed by atoms with Gasteiger partial charge in [0.15, 0.2) is 11.5 Å². The van der Waals surface area contributed by atoms with Crippen molar-refractivity contribution in [1.82, 2.24) is 0 Å². The molecule has 2 aliphatic rings. The fourth-order valence-corrected chi connectivity index (χ4v) is 3.27. The lowest BCUT2D eigenvalue weighted by molar-refractivity contribution is -0.135. The van der Waals surface area contributed by atoms with Crippen LogP contribution in [0.15, 0.2) is 42.0 Å². The van der Waals surface area contributed by atoms with Crippen LogP contribution >= 0.6 is 0 Å². The van der Waals surface area contributed by atoms with Crippen LogP contribution in [0.4, 0.5) is 0 Å². The van der Waals surface area contributed by atoms with Crippen molar-refractivity contribution >= 4 is 17.3 Å². The van der Waals surface area contributed by atoms with Gasteiger partial charge in [0.1, 0.15) is 11.3 Å². The number of esters is 1. The summed E-state index contributed by atoms with van der Waals surface area (Å²) in [6, 6.07) is 10.5. The first-order valence-electron chi connectivity index (χ1n) is 8.68. The molecule has 0 atom stereocenters. The van der Waals surface area contributed by atoms with E-state index < -0.39 is 5.97 Å². The van der Waals surface area contributed by atoms with Crippen LogP contribution in [0.5, 0.6) is 17.2 Å². The smallest absolute Gasteiger partial charge is 0.342 e. The Hall–Kier alpha value is -3.28. The van der Waals surface area contributed by atoms with Crippen molar-refractivity contribution in [2.45, 2.75) is 13.3 Å². The highest BCUT2D eigenvalue weighted by Crippen LogP contribution is 2.43. The van der Waals surface area contributed by atoms with Gasteiger partial charge in [-0.2, -0.15) is 0 Å². The van der Waals surface area contributed by atoms with Gasteiger partial charge in [0.25, 0.3) is 0 Å². The van der Waals surface area contributed by atoms with Crippen LogP contribution in [0.2, 0.25) is 0 Å². The average Bonchev–Trinajstić information content (AvgIpc) is 3.27. The van der Waals surface area contributed by atoms with Gasteiger partial charge in [-0.1, -0.05) is 13.0 Å². The summed E-state index contributed by atoms with van der Waals surface area (Å²) < 4.78 is 21.4. The average molecular weight is 366 g/mol. The first kappa shape index (κ1) is 17.1. The molecule has 0 fully saturated rings. The summed E-state index contributed by atoms with van der Waals surface area (Å²) in [5.41, 5.74) is 2.31. The van der Waals surface area contributed by atoms with Crippen molar-refractivity contribution in [2.24, 2.45) is 0 Å². The van der Waals surface area contributed by atoms with Gasteiger partial charge < -0.3 is 18.9 Å². The van der Waals surface area contributed by atoms with Crippen LogP contribution < -0.4 is 14.2 Å². The molecule has 4 rings (SSSR count). The molecule has 138 valence electrons. The number of ketones is 1. The number of ether oxygens (including phenoxy) is 4. The lowest BCUT2D eigenvalue weighted by Gasteiger charge is -2.10. The molecular weight excluding hydrogens is 348 g/mol. The largest absolute Gasteiger partial charge is 0.494 e. The monoisotopic (exact) mass is 366 g/mol. The van der Waals surface area contributed by atoms with E-state index in [-0.39, 0.29) is 18.1 Å². The number of hydrogen-bond acceptors (Lipinski definition) is 6. The van der Waals surface area contributed by atoms with E-state index in [0.717, 1.165) is 6.42 Å². The van der Waals surface area contributed by atoms with Crippen LogP contribution in [0.25, 0.3) is 5.57 Å². The summed E-state index contributed by atoms with van der Waals surface area (Å²) in [5.74, 6) is 0.825. The van der Waals surface area contributed by atoms with E-state index in [1.54, 1.807) is 36.4 Å². The number of fused-ring (bicyclic) bond motifs is 2. The van der Waals surface area contributed by atoms with Gasteiger partial charge in [-0.15, -0.1) is 0 Å². The fourth-order valence-electron chi connectivity index (χ4n) is 3.27. The second-order valence-corrected chi connectivity index (χ2v) is 6.19. The Labute approximate surface area is 156 Å². The quantitative estimate of drug-likeness (QED) is 0.597. The summed E-state index contributed by atoms with van der Waals surface area (Å²) >= 11 is 0. The molecule has 2 aromatic carbocycles. The molecule has 6 heteroatoms. The maximum absolute atomic E-state index is 12.9. The molecule has 0 saturated heterocycles. The van der Waals surface area contributed by atoms with Crippen molar-refractivity contribution in [3.8, 4) is 17.2 Å². The molecule has 0 spiro atoms. The minimum absolute atomic E-state index is 0.0130. The molecule has 0 N–H and O–H groups in total. The lowest BCUT2D eigenvalue weighted by atomic mass is 9.97. The van der Waals surface area contributed by atoms with Gasteiger partial charge in [-0.05, 0) is 47.9 Å². The molecule has 1 aliphatic heterocycles. The molecule has 6 nitrogen and oxygen atoms in total. The third-order valence-corrected chi connectivity index (χ3v) is 4.51. The van der Waals surface area contributed by atoms with Gasteiger partial charge in [0.2, 0.25) is 12.6 Å². The standard InChI is InChI=1S/C21H18O6/c1-3-8-25-13-5-6-14-15(10-13)18(19(20(14)22)21(23)24-2)12-4-7-16-17(9-12)27-11-26-16/h4-7,9-10H,3,8,11H2,1-2H3. The number of methoxy groups -OCH3 is 1. The van der Waals surface area contributed by atoms with Crippen LogP contribution in [-0.2, 0) is 9.53 Å². The third kappa shape index (κ3) is 2.83. The van der Waals surface area contributed by atoms with Crippen molar-refractivity contribution in [3.05, 3.63) is 58.7 Å². The number of carbonyl (C=O) groups excluding carboxylic acids is 2. The summed E-state index contributed by atoms with van der Waals surface area (Å²) in [6.45, 7) is 2.73. The molecule has 0 radical (unpaired) electrons. The van der Waals surface area contributed by atoms with Crippen LogP contribution in [-0.4, -0.2) is 32.3 Å². The van der Waals surface area contributed by atoms with Gasteiger partial charge in [0.05, 0.1) is 13.7 Å². The van der Waals surface area contributed by atoms with Crippen molar-refractivity contribution in [1.29, 1.82) is 0 Å². The third-order valence-electron chi connectivity index (χ3n) is 4.51. The molecule has 2 aromatic rings. The normalized spacial score (nSPS) is 14.4. The van der Waals surface area contributed by atoms with Crippen molar-refractivity contribution in [3.63, 3.8) is 0 Å². The fraction of sp³-hybridized carbons (Fsp3) is 0.238. The zero-order valence-corrected chi connectivity index (χ0v) is 15.0. The SMILES string of the molecule is CCCOc1ccc2c(c1)C(c1ccc3c(c1)OCO3)=C(C(=O)OC)C2=O. The lowest BCUT2D eigenvalue weighted by Crippen LogP contribution is -2.12. The highest BCUT2D eigenvalue weighted by molar-refractivity contribution is 6.35. The summed E-state index contributed by atoms with van der Waals surface area (Å²) in [7, 11) is 1.26. The van der Waals surface area contributed by atoms with E-state index in [1.807, 2.05) is 6.92 Å². The van der Waals surface area contributed by atoms with E-state index in [2.05, 4.69) is 0 Å². The van der Waals surface area contributed by atoms with E-state index >= 15 is 0 Å². The van der Waals surface area contributed by atoms with Gasteiger partial charge in [0, 0.05) is 11.1 Å². The number of rotatable bonds is 5. The van der Waals surface area contributed by atoms with Crippen molar-refractivity contribution in [2.75, 3.05) is 20.5 Å². The number of Topliss-reactive ketones (excluding diaryl/α,β-unsaturated/α-hetero) is 1. The van der Waals surface area contributed by atoms with Crippen molar-refractivity contribution < 1.29 is 28.5 Å². The Kier molecular flexibility index (Phi) is 4.32. The van der Waals surface area contributed by atoms with Crippen LogP contribution in [0.1, 0.15) is 34.8 Å². The number of carbonyl (C=O) groups is 2. The van der Waals surface area contributed by atoms with E-state index in [1.165, 1.54) is 7.11 Å². The Balaban J connectivity index is 1.88. The zero-order chi connectivity index (χ0) is 19.0. The predicted molar refractivity (Wildman–Crippen MR) is 97.2 cm³/mol. The summed E-state index contributed by atoms with van der Waals surface area (Å²) in [5, 5.41) is 0. The zero-order valence-electron chi connectivity index (χ0n) is 15.0. The Morgan fingerprint density at radius 3 is 2.67 bits per heavy atom. The molecule has 0 amide bonds. The molecule has 27 heavy (non-hydrogen) atoms. The Morgan fingerprint density at radius 2 is 1.89 bits per heavy atom. The second kappa shape index (κ2) is 6.79. The highest BCUT2D eigenvalue weighted by atomic mass is 16.7. The molecule has 0 saturated carbocycles. The number of hydrogen-bond donors (Lipinski definition) is 0. The molecule has 0 aromatic heterocycles. The second-order valence-electron chi connectivity index (χ2n) is 6.19. The minimum Gasteiger partial charge on any atom is -0.494 e. The van der Waals surface area contributed by atoms with E-state index in [4.69, 9.17) is 18.9 Å². The minimum atomic E-state index is -0.667.